The molecule has 0 spiro atoms. The molecular formula is C19H21N5OS. The molecule has 134 valence electrons. The Morgan fingerprint density at radius 2 is 1.88 bits per heavy atom. The Labute approximate surface area is 156 Å². The monoisotopic (exact) mass is 367 g/mol. The molecule has 1 N–H and O–H groups in total. The van der Waals surface area contributed by atoms with E-state index in [0.717, 1.165) is 28.4 Å². The van der Waals surface area contributed by atoms with Crippen LogP contribution < -0.4 is 10.1 Å². The summed E-state index contributed by atoms with van der Waals surface area (Å²) in [7, 11) is 0. The van der Waals surface area contributed by atoms with Crippen LogP contribution in [0.5, 0.6) is 5.88 Å². The molecule has 0 amide bonds. The minimum absolute atomic E-state index is 0.268. The van der Waals surface area contributed by atoms with Crippen molar-refractivity contribution in [3.63, 3.8) is 0 Å². The van der Waals surface area contributed by atoms with Crippen molar-refractivity contribution in [3.05, 3.63) is 47.7 Å². The number of aromatic nitrogens is 4. The number of nitrogens with one attached hydrogen (secondary N) is 1. The lowest BCUT2D eigenvalue weighted by molar-refractivity contribution is 0.148. The molecule has 1 aliphatic rings. The van der Waals surface area contributed by atoms with Crippen molar-refractivity contribution in [1.29, 1.82) is 0 Å². The smallest absolute Gasteiger partial charge is 0.234 e. The first-order valence-electron chi connectivity index (χ1n) is 8.97. The van der Waals surface area contributed by atoms with Crippen LogP contribution in [-0.4, -0.2) is 26.3 Å². The highest BCUT2D eigenvalue weighted by Gasteiger charge is 2.15. The summed E-state index contributed by atoms with van der Waals surface area (Å²) < 4.78 is 5.97. The van der Waals surface area contributed by atoms with Crippen molar-refractivity contribution >= 4 is 17.2 Å². The number of hydrogen-bond acceptors (Lipinski definition) is 7. The zero-order chi connectivity index (χ0) is 17.6. The van der Waals surface area contributed by atoms with E-state index in [1.54, 1.807) is 23.7 Å². The fourth-order valence-corrected chi connectivity index (χ4v) is 3.82. The van der Waals surface area contributed by atoms with Crippen molar-refractivity contribution in [2.45, 2.75) is 44.8 Å². The Bertz CT molecular complexity index is 833. The van der Waals surface area contributed by atoms with Crippen LogP contribution in [0, 0.1) is 0 Å². The Kier molecular flexibility index (Phi) is 5.35. The highest BCUT2D eigenvalue weighted by Crippen LogP contribution is 2.24. The van der Waals surface area contributed by atoms with Gasteiger partial charge in [0.25, 0.3) is 0 Å². The standard InChI is InChI=1S/C19H21N5OS/c1-3-7-14(8-4-1)19-24-23-18(26-19)13-21-16-11-20-12-17(22-16)25-15-9-5-2-6-10-15/h1,3-4,7-8,11-12,15H,2,5-6,9-10,13H2,(H,21,22). The molecule has 2 heterocycles. The highest BCUT2D eigenvalue weighted by atomic mass is 32.1. The Hall–Kier alpha value is -2.54. The van der Waals surface area contributed by atoms with Gasteiger partial charge in [0, 0.05) is 5.56 Å². The minimum Gasteiger partial charge on any atom is -0.473 e. The van der Waals surface area contributed by atoms with Gasteiger partial charge >= 0.3 is 0 Å². The topological polar surface area (TPSA) is 72.8 Å². The van der Waals surface area contributed by atoms with Crippen LogP contribution in [-0.2, 0) is 6.54 Å². The first kappa shape index (κ1) is 16.9. The zero-order valence-corrected chi connectivity index (χ0v) is 15.3. The second-order valence-corrected chi connectivity index (χ2v) is 7.40. The molecule has 0 radical (unpaired) electrons. The molecule has 4 rings (SSSR count). The van der Waals surface area contributed by atoms with E-state index in [1.165, 1.54) is 19.3 Å². The molecule has 1 saturated carbocycles. The summed E-state index contributed by atoms with van der Waals surface area (Å²) in [6.07, 6.45) is 9.63. The van der Waals surface area contributed by atoms with Crippen molar-refractivity contribution < 1.29 is 4.74 Å². The molecule has 26 heavy (non-hydrogen) atoms. The van der Waals surface area contributed by atoms with Crippen LogP contribution in [0.2, 0.25) is 0 Å². The molecule has 3 aromatic rings. The first-order chi connectivity index (χ1) is 12.9. The Balaban J connectivity index is 1.36. The van der Waals surface area contributed by atoms with Gasteiger partial charge in [0.05, 0.1) is 18.9 Å². The number of hydrogen-bond donors (Lipinski definition) is 1. The van der Waals surface area contributed by atoms with E-state index in [-0.39, 0.29) is 6.10 Å². The van der Waals surface area contributed by atoms with E-state index >= 15 is 0 Å². The molecule has 0 saturated heterocycles. The van der Waals surface area contributed by atoms with Gasteiger partial charge in [-0.25, -0.2) is 0 Å². The van der Waals surface area contributed by atoms with Crippen LogP contribution in [0.3, 0.4) is 0 Å². The van der Waals surface area contributed by atoms with Gasteiger partial charge in [-0.1, -0.05) is 48.1 Å². The average Bonchev–Trinajstić information content (AvgIpc) is 3.17. The number of rotatable bonds is 6. The molecule has 6 nitrogen and oxygen atoms in total. The van der Waals surface area contributed by atoms with Gasteiger partial charge in [0.1, 0.15) is 21.9 Å². The molecule has 0 bridgehead atoms. The van der Waals surface area contributed by atoms with Gasteiger partial charge in [-0.3, -0.25) is 4.98 Å². The molecule has 1 aliphatic carbocycles. The summed E-state index contributed by atoms with van der Waals surface area (Å²) in [5.41, 5.74) is 1.08. The molecule has 1 fully saturated rings. The molecule has 0 aliphatic heterocycles. The number of nitrogens with zero attached hydrogens (tertiary/aromatic N) is 4. The number of anilines is 1. The second kappa shape index (κ2) is 8.23. The normalized spacial score (nSPS) is 14.9. The first-order valence-corrected chi connectivity index (χ1v) is 9.79. The lowest BCUT2D eigenvalue weighted by Crippen LogP contribution is -2.20. The van der Waals surface area contributed by atoms with Gasteiger partial charge < -0.3 is 10.1 Å². The molecule has 0 unspecified atom stereocenters. The fourth-order valence-electron chi connectivity index (χ4n) is 3.03. The van der Waals surface area contributed by atoms with E-state index in [1.807, 2.05) is 30.3 Å². The van der Waals surface area contributed by atoms with Crippen molar-refractivity contribution in [2.24, 2.45) is 0 Å². The van der Waals surface area contributed by atoms with E-state index in [9.17, 15) is 0 Å². The largest absolute Gasteiger partial charge is 0.473 e. The van der Waals surface area contributed by atoms with Crippen molar-refractivity contribution in [1.82, 2.24) is 20.2 Å². The van der Waals surface area contributed by atoms with E-state index < -0.39 is 0 Å². The van der Waals surface area contributed by atoms with Crippen LogP contribution in [0.15, 0.2) is 42.7 Å². The predicted molar refractivity (Wildman–Crippen MR) is 102 cm³/mol. The minimum atomic E-state index is 0.268. The van der Waals surface area contributed by atoms with Gasteiger partial charge in [-0.05, 0) is 25.7 Å². The predicted octanol–water partition coefficient (Wildman–Crippen LogP) is 4.32. The average molecular weight is 367 g/mol. The summed E-state index contributed by atoms with van der Waals surface area (Å²) in [6.45, 7) is 0.562. The maximum Gasteiger partial charge on any atom is 0.234 e. The summed E-state index contributed by atoms with van der Waals surface area (Å²) in [5.74, 6) is 1.28. The molecule has 2 aromatic heterocycles. The maximum atomic E-state index is 5.97. The number of benzene rings is 1. The van der Waals surface area contributed by atoms with Crippen LogP contribution in [0.1, 0.15) is 37.1 Å². The summed E-state index contributed by atoms with van der Waals surface area (Å²) >= 11 is 1.57. The lowest BCUT2D eigenvalue weighted by atomic mass is 9.98. The SMILES string of the molecule is c1ccc(-c2nnc(CNc3cncc(OC4CCCCC4)n3)s2)cc1. The van der Waals surface area contributed by atoms with Gasteiger partial charge in [0.15, 0.2) is 0 Å². The third kappa shape index (κ3) is 4.35. The number of ether oxygens (including phenoxy) is 1. The quantitative estimate of drug-likeness (QED) is 0.699. The molecule has 1 aromatic carbocycles. The van der Waals surface area contributed by atoms with E-state index in [4.69, 9.17) is 4.74 Å². The van der Waals surface area contributed by atoms with Crippen molar-refractivity contribution in [2.75, 3.05) is 5.32 Å². The van der Waals surface area contributed by atoms with Gasteiger partial charge in [-0.2, -0.15) is 4.98 Å². The third-order valence-corrected chi connectivity index (χ3v) is 5.33. The summed E-state index contributed by atoms with van der Waals surface area (Å²) in [5, 5.41) is 13.6. The van der Waals surface area contributed by atoms with E-state index in [2.05, 4.69) is 25.5 Å². The van der Waals surface area contributed by atoms with Crippen LogP contribution >= 0.6 is 11.3 Å². The molecular weight excluding hydrogens is 346 g/mol. The van der Waals surface area contributed by atoms with E-state index in [0.29, 0.717) is 18.2 Å². The zero-order valence-electron chi connectivity index (χ0n) is 14.5. The third-order valence-electron chi connectivity index (χ3n) is 4.36. The van der Waals surface area contributed by atoms with Crippen LogP contribution in [0.25, 0.3) is 10.6 Å². The Morgan fingerprint density at radius 3 is 2.73 bits per heavy atom. The maximum absolute atomic E-state index is 5.97. The summed E-state index contributed by atoms with van der Waals surface area (Å²) in [4.78, 5) is 8.74. The molecule has 0 atom stereocenters. The fraction of sp³-hybridized carbons (Fsp3) is 0.368. The van der Waals surface area contributed by atoms with Gasteiger partial charge in [-0.15, -0.1) is 10.2 Å². The van der Waals surface area contributed by atoms with Gasteiger partial charge in [0.2, 0.25) is 5.88 Å². The molecule has 7 heteroatoms. The Morgan fingerprint density at radius 1 is 1.04 bits per heavy atom. The summed E-state index contributed by atoms with van der Waals surface area (Å²) in [6, 6.07) is 10.1. The lowest BCUT2D eigenvalue weighted by Gasteiger charge is -2.22. The van der Waals surface area contributed by atoms with Crippen molar-refractivity contribution in [3.8, 4) is 16.5 Å². The second-order valence-electron chi connectivity index (χ2n) is 6.34. The van der Waals surface area contributed by atoms with Crippen LogP contribution in [0.4, 0.5) is 5.82 Å². The highest BCUT2D eigenvalue weighted by molar-refractivity contribution is 7.14.